The van der Waals surface area contributed by atoms with E-state index in [9.17, 15) is 5.11 Å². The van der Waals surface area contributed by atoms with Crippen LogP contribution in [0.4, 0.5) is 0 Å². The average molecular weight is 349 g/mol. The summed E-state index contributed by atoms with van der Waals surface area (Å²) in [5, 5.41) is 29.8. The van der Waals surface area contributed by atoms with Crippen LogP contribution in [0.2, 0.25) is 0 Å². The molecule has 1 N–H and O–H groups in total. The van der Waals surface area contributed by atoms with Crippen LogP contribution in [-0.4, -0.2) is 49.3 Å². The summed E-state index contributed by atoms with van der Waals surface area (Å²) in [5.74, 6) is 0.593. The fourth-order valence-electron chi connectivity index (χ4n) is 3.46. The second kappa shape index (κ2) is 5.55. The van der Waals surface area contributed by atoms with Crippen molar-refractivity contribution in [1.29, 1.82) is 0 Å². The van der Waals surface area contributed by atoms with Gasteiger partial charge >= 0.3 is 0 Å². The van der Waals surface area contributed by atoms with Crippen LogP contribution in [0.5, 0.6) is 0 Å². The Balaban J connectivity index is 1.32. The molecule has 5 rings (SSSR count). The Bertz CT molecular complexity index is 745. The number of hydrogen-bond donors (Lipinski definition) is 1. The van der Waals surface area contributed by atoms with E-state index in [-0.39, 0.29) is 6.10 Å². The molecule has 9 heteroatoms. The molecule has 24 heavy (non-hydrogen) atoms. The van der Waals surface area contributed by atoms with E-state index in [2.05, 4.69) is 20.5 Å². The highest BCUT2D eigenvalue weighted by molar-refractivity contribution is 7.11. The molecule has 3 atom stereocenters. The largest absolute Gasteiger partial charge is 0.378 e. The van der Waals surface area contributed by atoms with Crippen LogP contribution in [0.15, 0.2) is 6.20 Å². The minimum absolute atomic E-state index is 0.0941. The van der Waals surface area contributed by atoms with Crippen molar-refractivity contribution in [3.05, 3.63) is 21.9 Å². The van der Waals surface area contributed by atoms with Gasteiger partial charge in [-0.1, -0.05) is 23.0 Å². The smallest absolute Gasteiger partial charge is 0.192 e. The van der Waals surface area contributed by atoms with E-state index in [0.29, 0.717) is 31.2 Å². The molecule has 1 saturated carbocycles. The van der Waals surface area contributed by atoms with Gasteiger partial charge in [-0.25, -0.2) is 4.68 Å². The molecule has 4 heterocycles. The molecule has 0 amide bonds. The molecule has 3 fully saturated rings. The lowest BCUT2D eigenvalue weighted by atomic mass is 9.86. The van der Waals surface area contributed by atoms with Crippen molar-refractivity contribution in [3.8, 4) is 0 Å². The van der Waals surface area contributed by atoms with Gasteiger partial charge in [0.15, 0.2) is 11.9 Å². The van der Waals surface area contributed by atoms with Gasteiger partial charge in [-0.3, -0.25) is 0 Å². The molecule has 2 aromatic heterocycles. The van der Waals surface area contributed by atoms with E-state index in [1.165, 1.54) is 19.3 Å². The van der Waals surface area contributed by atoms with Crippen LogP contribution in [-0.2, 0) is 21.6 Å². The topological polar surface area (TPSA) is 95.2 Å². The number of hydrogen-bond acceptors (Lipinski definition) is 8. The van der Waals surface area contributed by atoms with Crippen molar-refractivity contribution in [3.63, 3.8) is 0 Å². The molecule has 128 valence electrons. The van der Waals surface area contributed by atoms with Crippen molar-refractivity contribution < 1.29 is 14.6 Å². The summed E-state index contributed by atoms with van der Waals surface area (Å²) in [6.45, 7) is 1.05. The van der Waals surface area contributed by atoms with Gasteiger partial charge in [0.2, 0.25) is 0 Å². The Labute approximate surface area is 142 Å². The Morgan fingerprint density at radius 2 is 2.21 bits per heavy atom. The van der Waals surface area contributed by atoms with Gasteiger partial charge in [-0.05, 0) is 25.7 Å². The average Bonchev–Trinajstić information content (AvgIpc) is 3.24. The summed E-state index contributed by atoms with van der Waals surface area (Å²) < 4.78 is 12.9. The van der Waals surface area contributed by atoms with Crippen LogP contribution >= 0.6 is 11.3 Å². The Kier molecular flexibility index (Phi) is 3.44. The summed E-state index contributed by atoms with van der Waals surface area (Å²) >= 11 is 1.64. The summed E-state index contributed by atoms with van der Waals surface area (Å²) in [5.41, 5.74) is -0.722. The Morgan fingerprint density at radius 3 is 3.04 bits per heavy atom. The lowest BCUT2D eigenvalue weighted by Gasteiger charge is -2.34. The molecule has 2 saturated heterocycles. The number of ether oxygens (including phenoxy) is 2. The number of rotatable bonds is 4. The maximum absolute atomic E-state index is 10.9. The van der Waals surface area contributed by atoms with E-state index >= 15 is 0 Å². The maximum atomic E-state index is 10.9. The monoisotopic (exact) mass is 349 g/mol. The summed E-state index contributed by atoms with van der Waals surface area (Å²) in [7, 11) is 0. The first kappa shape index (κ1) is 14.9. The third-order valence-corrected chi connectivity index (χ3v) is 6.27. The molecule has 8 nitrogen and oxygen atoms in total. The van der Waals surface area contributed by atoms with Gasteiger partial charge in [-0.15, -0.1) is 15.3 Å². The minimum atomic E-state index is -1.22. The molecule has 2 aromatic rings. The van der Waals surface area contributed by atoms with Gasteiger partial charge in [0, 0.05) is 5.92 Å². The summed E-state index contributed by atoms with van der Waals surface area (Å²) in [6, 6.07) is 0. The minimum Gasteiger partial charge on any atom is -0.378 e. The SMILES string of the molecule is OC1(c2cn(Cc3nnc(C4CCC4)s3)nn2)CC[C@H]2CO[C@@H]1O2. The van der Waals surface area contributed by atoms with Gasteiger partial charge in [-0.2, -0.15) is 0 Å². The van der Waals surface area contributed by atoms with E-state index in [4.69, 9.17) is 9.47 Å². The zero-order valence-electron chi connectivity index (χ0n) is 13.2. The van der Waals surface area contributed by atoms with Crippen molar-refractivity contribution in [1.82, 2.24) is 25.2 Å². The highest BCUT2D eigenvalue weighted by atomic mass is 32.1. The first-order chi connectivity index (χ1) is 11.7. The maximum Gasteiger partial charge on any atom is 0.192 e. The fraction of sp³-hybridized carbons (Fsp3) is 0.733. The van der Waals surface area contributed by atoms with Crippen LogP contribution in [0.1, 0.15) is 53.7 Å². The van der Waals surface area contributed by atoms with E-state index in [1.54, 1.807) is 22.2 Å². The highest BCUT2D eigenvalue weighted by Crippen LogP contribution is 2.41. The number of aliphatic hydroxyl groups is 1. The standard InChI is InChI=1S/C15H19N5O3S/c21-15(5-4-10-8-22-14(15)23-10)11-6-20(19-16-11)7-12-17-18-13(24-12)9-2-1-3-9/h6,9-10,14,21H,1-5,7-8H2/t10-,14+,15?/m0/s1. The molecule has 0 spiro atoms. The number of nitrogens with zero attached hydrogens (tertiary/aromatic N) is 5. The van der Waals surface area contributed by atoms with Crippen molar-refractivity contribution in [2.24, 2.45) is 0 Å². The van der Waals surface area contributed by atoms with Crippen LogP contribution in [0.3, 0.4) is 0 Å². The second-order valence-corrected chi connectivity index (χ2v) is 7.94. The molecular weight excluding hydrogens is 330 g/mol. The van der Waals surface area contributed by atoms with Gasteiger partial charge in [0.1, 0.15) is 15.7 Å². The Hall–Kier alpha value is -1.42. The van der Waals surface area contributed by atoms with Crippen LogP contribution < -0.4 is 0 Å². The first-order valence-electron chi connectivity index (χ1n) is 8.43. The van der Waals surface area contributed by atoms with Gasteiger partial charge in [0.25, 0.3) is 0 Å². The van der Waals surface area contributed by atoms with E-state index < -0.39 is 11.9 Å². The third-order valence-electron chi connectivity index (χ3n) is 5.20. The molecular formula is C15H19N5O3S. The highest BCUT2D eigenvalue weighted by Gasteiger charge is 2.51. The molecule has 3 aliphatic rings. The molecule has 2 aliphatic heterocycles. The first-order valence-corrected chi connectivity index (χ1v) is 9.25. The second-order valence-electron chi connectivity index (χ2n) is 6.85. The molecule has 0 radical (unpaired) electrons. The summed E-state index contributed by atoms with van der Waals surface area (Å²) in [6.07, 6.45) is 6.28. The fourth-order valence-corrected chi connectivity index (χ4v) is 4.46. The predicted molar refractivity (Wildman–Crippen MR) is 83.4 cm³/mol. The summed E-state index contributed by atoms with van der Waals surface area (Å²) in [4.78, 5) is 0. The van der Waals surface area contributed by atoms with Gasteiger partial charge < -0.3 is 14.6 Å². The number of aromatic nitrogens is 5. The zero-order valence-corrected chi connectivity index (χ0v) is 14.0. The van der Waals surface area contributed by atoms with Crippen LogP contribution in [0, 0.1) is 0 Å². The normalized spacial score (nSPS) is 32.9. The quantitative estimate of drug-likeness (QED) is 0.885. The van der Waals surface area contributed by atoms with Gasteiger partial charge in [0.05, 0.1) is 25.5 Å². The van der Waals surface area contributed by atoms with Crippen molar-refractivity contribution in [2.75, 3.05) is 6.61 Å². The molecule has 1 unspecified atom stereocenters. The molecule has 2 bridgehead atoms. The lowest BCUT2D eigenvalue weighted by Crippen LogP contribution is -2.44. The van der Waals surface area contributed by atoms with Crippen molar-refractivity contribution >= 4 is 11.3 Å². The van der Waals surface area contributed by atoms with E-state index in [0.717, 1.165) is 16.4 Å². The number of fused-ring (bicyclic) bond motifs is 2. The predicted octanol–water partition coefficient (Wildman–Crippen LogP) is 1.17. The molecule has 0 aromatic carbocycles. The van der Waals surface area contributed by atoms with Crippen LogP contribution in [0.25, 0.3) is 0 Å². The lowest BCUT2D eigenvalue weighted by molar-refractivity contribution is -0.219. The zero-order chi connectivity index (χ0) is 16.1. The third kappa shape index (κ3) is 2.38. The Morgan fingerprint density at radius 1 is 1.29 bits per heavy atom. The molecule has 1 aliphatic carbocycles. The van der Waals surface area contributed by atoms with Crippen molar-refractivity contribution in [2.45, 2.75) is 62.6 Å². The van der Waals surface area contributed by atoms with E-state index in [1.807, 2.05) is 0 Å².